The zero-order chi connectivity index (χ0) is 13.9. The number of nitrogens with one attached hydrogen (secondary N) is 1. The van der Waals surface area contributed by atoms with Gasteiger partial charge < -0.3 is 10.3 Å². The van der Waals surface area contributed by atoms with E-state index in [9.17, 15) is 4.79 Å². The number of hydrogen-bond acceptors (Lipinski definition) is 3. The van der Waals surface area contributed by atoms with E-state index < -0.39 is 0 Å². The van der Waals surface area contributed by atoms with E-state index >= 15 is 0 Å². The first-order valence-electron chi connectivity index (χ1n) is 6.19. The Bertz CT molecular complexity index is 441. The van der Waals surface area contributed by atoms with Crippen LogP contribution in [0.4, 0.5) is 5.69 Å². The first-order chi connectivity index (χ1) is 8.33. The lowest BCUT2D eigenvalue weighted by molar-refractivity contribution is 0.0619. The zero-order valence-electron chi connectivity index (χ0n) is 11.9. The van der Waals surface area contributed by atoms with Crippen LogP contribution in [0.25, 0.3) is 0 Å². The number of carbonyl (C=O) groups excluding carboxylic acids is 1. The maximum Gasteiger partial charge on any atom is 0.254 e. The summed E-state index contributed by atoms with van der Waals surface area (Å²) in [7, 11) is 1.85. The minimum atomic E-state index is -0.145. The van der Waals surface area contributed by atoms with Gasteiger partial charge in [0.2, 0.25) is 0 Å². The number of carbonyl (C=O) groups is 1. The molecule has 0 bridgehead atoms. The minimum absolute atomic E-state index is 0.0444. The first-order valence-corrected chi connectivity index (χ1v) is 6.19. The fraction of sp³-hybridized carbons (Fsp3) is 0.500. The summed E-state index contributed by atoms with van der Waals surface area (Å²) in [6.07, 6.45) is 0.913. The van der Waals surface area contributed by atoms with Crippen LogP contribution >= 0.6 is 0 Å². The second-order valence-electron chi connectivity index (χ2n) is 5.20. The largest absolute Gasteiger partial charge is 0.337 e. The molecule has 0 aliphatic rings. The van der Waals surface area contributed by atoms with Crippen LogP contribution in [0.5, 0.6) is 0 Å². The van der Waals surface area contributed by atoms with Crippen molar-refractivity contribution in [3.05, 3.63) is 29.3 Å². The molecular weight excluding hydrogens is 226 g/mol. The van der Waals surface area contributed by atoms with Gasteiger partial charge in [-0.15, -0.1) is 0 Å². The summed E-state index contributed by atoms with van der Waals surface area (Å²) < 4.78 is 0. The maximum absolute atomic E-state index is 12.4. The summed E-state index contributed by atoms with van der Waals surface area (Å²) in [6.45, 7) is 8.13. The Morgan fingerprint density at radius 1 is 1.44 bits per heavy atom. The number of nitrogens with two attached hydrogens (primary N) is 1. The van der Waals surface area contributed by atoms with E-state index in [1.807, 2.05) is 32.2 Å². The molecule has 3 N–H and O–H groups in total. The van der Waals surface area contributed by atoms with Crippen molar-refractivity contribution in [2.45, 2.75) is 39.7 Å². The molecule has 0 heterocycles. The number of amides is 1. The SMILES string of the molecule is CCC(C)(C)N(C)C(=O)c1ccc(NN)cc1C. The fourth-order valence-electron chi connectivity index (χ4n) is 1.69. The second-order valence-corrected chi connectivity index (χ2v) is 5.20. The first kappa shape index (κ1) is 14.5. The molecule has 18 heavy (non-hydrogen) atoms. The Labute approximate surface area is 109 Å². The third-order valence-corrected chi connectivity index (χ3v) is 3.70. The molecule has 0 saturated heterocycles. The van der Waals surface area contributed by atoms with Gasteiger partial charge in [-0.1, -0.05) is 6.92 Å². The Morgan fingerprint density at radius 3 is 2.50 bits per heavy atom. The van der Waals surface area contributed by atoms with Crippen LogP contribution < -0.4 is 11.3 Å². The lowest BCUT2D eigenvalue weighted by Gasteiger charge is -2.35. The molecule has 0 fully saturated rings. The van der Waals surface area contributed by atoms with E-state index in [-0.39, 0.29) is 11.4 Å². The van der Waals surface area contributed by atoms with Gasteiger partial charge >= 0.3 is 0 Å². The molecule has 0 aliphatic heterocycles. The summed E-state index contributed by atoms with van der Waals surface area (Å²) in [5.41, 5.74) is 4.89. The molecule has 100 valence electrons. The van der Waals surface area contributed by atoms with E-state index in [1.165, 1.54) is 0 Å². The van der Waals surface area contributed by atoms with Gasteiger partial charge in [0.15, 0.2) is 0 Å². The molecule has 4 nitrogen and oxygen atoms in total. The van der Waals surface area contributed by atoms with Crippen molar-refractivity contribution in [3.63, 3.8) is 0 Å². The van der Waals surface area contributed by atoms with Crippen molar-refractivity contribution < 1.29 is 4.79 Å². The highest BCUT2D eigenvalue weighted by atomic mass is 16.2. The molecule has 0 radical (unpaired) electrons. The number of aryl methyl sites for hydroxylation is 1. The van der Waals surface area contributed by atoms with E-state index in [4.69, 9.17) is 5.84 Å². The van der Waals surface area contributed by atoms with E-state index in [0.29, 0.717) is 0 Å². The van der Waals surface area contributed by atoms with Crippen LogP contribution in [0.1, 0.15) is 43.1 Å². The predicted molar refractivity (Wildman–Crippen MR) is 75.5 cm³/mol. The summed E-state index contributed by atoms with van der Waals surface area (Å²) in [4.78, 5) is 14.2. The monoisotopic (exact) mass is 249 g/mol. The van der Waals surface area contributed by atoms with Crippen LogP contribution in [0.15, 0.2) is 18.2 Å². The number of hydrogen-bond donors (Lipinski definition) is 2. The van der Waals surface area contributed by atoms with Crippen molar-refractivity contribution in [2.75, 3.05) is 12.5 Å². The molecule has 4 heteroatoms. The van der Waals surface area contributed by atoms with Gasteiger partial charge in [0, 0.05) is 23.8 Å². The van der Waals surface area contributed by atoms with E-state index in [1.54, 1.807) is 4.90 Å². The third kappa shape index (κ3) is 2.82. The van der Waals surface area contributed by atoms with Gasteiger partial charge in [0.1, 0.15) is 0 Å². The summed E-state index contributed by atoms with van der Waals surface area (Å²) >= 11 is 0. The molecule has 0 aliphatic carbocycles. The molecular formula is C14H23N3O. The Balaban J connectivity index is 3.04. The van der Waals surface area contributed by atoms with Crippen molar-refractivity contribution in [2.24, 2.45) is 5.84 Å². The summed E-state index contributed by atoms with van der Waals surface area (Å²) in [5, 5.41) is 0. The number of rotatable bonds is 4. The number of nitrogen functional groups attached to an aromatic ring is 1. The van der Waals surface area contributed by atoms with Crippen LogP contribution in [-0.4, -0.2) is 23.4 Å². The van der Waals surface area contributed by atoms with Crippen molar-refractivity contribution in [3.8, 4) is 0 Å². The minimum Gasteiger partial charge on any atom is -0.337 e. The standard InChI is InChI=1S/C14H23N3O/c1-6-14(3,4)17(5)13(18)12-8-7-11(16-15)9-10(12)2/h7-9,16H,6,15H2,1-5H3. The van der Waals surface area contributed by atoms with Crippen LogP contribution in [0, 0.1) is 6.92 Å². The summed E-state index contributed by atoms with van der Waals surface area (Å²) in [6, 6.07) is 5.50. The fourth-order valence-corrected chi connectivity index (χ4v) is 1.69. The van der Waals surface area contributed by atoms with Gasteiger partial charge in [-0.25, -0.2) is 0 Å². The highest BCUT2D eigenvalue weighted by molar-refractivity contribution is 5.96. The van der Waals surface area contributed by atoms with Crippen LogP contribution in [0.3, 0.4) is 0 Å². The molecule has 1 aromatic rings. The highest BCUT2D eigenvalue weighted by Crippen LogP contribution is 2.22. The lowest BCUT2D eigenvalue weighted by atomic mass is 9.97. The van der Waals surface area contributed by atoms with Gasteiger partial charge in [0.05, 0.1) is 0 Å². The number of hydrazine groups is 1. The highest BCUT2D eigenvalue weighted by Gasteiger charge is 2.27. The molecule has 1 aromatic carbocycles. The zero-order valence-corrected chi connectivity index (χ0v) is 11.9. The van der Waals surface area contributed by atoms with Gasteiger partial charge in [0.25, 0.3) is 5.91 Å². The number of benzene rings is 1. The van der Waals surface area contributed by atoms with Gasteiger partial charge in [-0.05, 0) is 51.0 Å². The van der Waals surface area contributed by atoms with Crippen molar-refractivity contribution in [1.82, 2.24) is 4.90 Å². The van der Waals surface area contributed by atoms with Gasteiger partial charge in [-0.2, -0.15) is 0 Å². The average Bonchev–Trinajstić information content (AvgIpc) is 2.36. The molecule has 1 rings (SSSR count). The smallest absolute Gasteiger partial charge is 0.254 e. The topological polar surface area (TPSA) is 58.4 Å². The molecule has 0 unspecified atom stereocenters. The number of anilines is 1. The average molecular weight is 249 g/mol. The van der Waals surface area contributed by atoms with Crippen molar-refractivity contribution >= 4 is 11.6 Å². The molecule has 0 spiro atoms. The molecule has 1 amide bonds. The third-order valence-electron chi connectivity index (χ3n) is 3.70. The second kappa shape index (κ2) is 5.40. The Hall–Kier alpha value is -1.55. The maximum atomic E-state index is 12.4. The lowest BCUT2D eigenvalue weighted by Crippen LogP contribution is -2.44. The van der Waals surface area contributed by atoms with Gasteiger partial charge in [-0.3, -0.25) is 10.6 Å². The Morgan fingerprint density at radius 2 is 2.06 bits per heavy atom. The van der Waals surface area contributed by atoms with Crippen molar-refractivity contribution in [1.29, 1.82) is 0 Å². The predicted octanol–water partition coefficient (Wildman–Crippen LogP) is 2.54. The van der Waals surface area contributed by atoms with E-state index in [2.05, 4.69) is 26.2 Å². The molecule has 0 atom stereocenters. The van der Waals surface area contributed by atoms with Crippen LogP contribution in [0.2, 0.25) is 0 Å². The quantitative estimate of drug-likeness (QED) is 0.637. The van der Waals surface area contributed by atoms with E-state index in [0.717, 1.165) is 23.2 Å². The van der Waals surface area contributed by atoms with Crippen LogP contribution in [-0.2, 0) is 0 Å². The normalized spacial score (nSPS) is 11.2. The summed E-state index contributed by atoms with van der Waals surface area (Å²) in [5.74, 6) is 5.39. The molecule has 0 aromatic heterocycles. The Kier molecular flexibility index (Phi) is 4.35. The molecule has 0 saturated carbocycles. The number of nitrogens with zero attached hydrogens (tertiary/aromatic N) is 1.